The lowest BCUT2D eigenvalue weighted by Gasteiger charge is -2.04. The second-order valence-corrected chi connectivity index (χ2v) is 5.25. The standard InChI is InChI=1S/C16H10N6O/c23-15-11-9-21(19-10-5-2-1-3-6-10)20-14(11)22-13-8-4-7-12(13)17-16(22)18-15/h1-9,19H. The smallest absolute Gasteiger partial charge is 0.278 e. The normalized spacial score (nSPS) is 12.7. The zero-order valence-corrected chi connectivity index (χ0v) is 11.8. The number of benzene rings is 1. The number of hydrogen-bond acceptors (Lipinski definition) is 5. The summed E-state index contributed by atoms with van der Waals surface area (Å²) >= 11 is 0. The molecule has 1 N–H and O–H groups in total. The van der Waals surface area contributed by atoms with E-state index in [1.807, 2.05) is 48.6 Å². The third-order valence-corrected chi connectivity index (χ3v) is 3.79. The number of aromatic nitrogens is 5. The molecule has 1 aliphatic carbocycles. The van der Waals surface area contributed by atoms with Crippen molar-refractivity contribution in [1.82, 2.24) is 24.3 Å². The molecule has 1 aliphatic rings. The molecule has 0 saturated carbocycles. The molecule has 5 rings (SSSR count). The van der Waals surface area contributed by atoms with Crippen LogP contribution in [-0.2, 0) is 0 Å². The lowest BCUT2D eigenvalue weighted by atomic mass is 10.3. The van der Waals surface area contributed by atoms with Gasteiger partial charge in [0.05, 0.1) is 22.9 Å². The second kappa shape index (κ2) is 4.26. The van der Waals surface area contributed by atoms with Crippen molar-refractivity contribution >= 4 is 34.7 Å². The SMILES string of the molecule is O=c1nc2nc3c(n2c2nn(Nc4ccccc4)cc12)=CC=C3. The maximum absolute atomic E-state index is 12.2. The fraction of sp³-hybridized carbons (Fsp3) is 0. The van der Waals surface area contributed by atoms with Crippen LogP contribution in [-0.4, -0.2) is 24.3 Å². The fourth-order valence-electron chi connectivity index (χ4n) is 2.77. The average Bonchev–Trinajstić information content (AvgIpc) is 3.22. The van der Waals surface area contributed by atoms with Gasteiger partial charge in [-0.3, -0.25) is 14.6 Å². The van der Waals surface area contributed by atoms with Gasteiger partial charge in [-0.05, 0) is 24.3 Å². The Morgan fingerprint density at radius 3 is 2.83 bits per heavy atom. The predicted octanol–water partition coefficient (Wildman–Crippen LogP) is 0.841. The molecule has 0 amide bonds. The third-order valence-electron chi connectivity index (χ3n) is 3.79. The van der Waals surface area contributed by atoms with Crippen molar-refractivity contribution in [2.24, 2.45) is 0 Å². The Hall–Kier alpha value is -3.48. The van der Waals surface area contributed by atoms with Gasteiger partial charge in [0.1, 0.15) is 5.39 Å². The molecule has 23 heavy (non-hydrogen) atoms. The van der Waals surface area contributed by atoms with Crippen LogP contribution in [0.3, 0.4) is 0 Å². The van der Waals surface area contributed by atoms with E-state index in [-0.39, 0.29) is 5.56 Å². The van der Waals surface area contributed by atoms with E-state index in [0.717, 1.165) is 16.7 Å². The lowest BCUT2D eigenvalue weighted by molar-refractivity contribution is 0.808. The third kappa shape index (κ3) is 1.70. The molecule has 0 atom stereocenters. The summed E-state index contributed by atoms with van der Waals surface area (Å²) in [6, 6.07) is 9.63. The van der Waals surface area contributed by atoms with Crippen LogP contribution in [0.5, 0.6) is 0 Å². The summed E-state index contributed by atoms with van der Waals surface area (Å²) < 4.78 is 1.80. The van der Waals surface area contributed by atoms with E-state index >= 15 is 0 Å². The molecule has 7 heteroatoms. The molecule has 0 fully saturated rings. The number of rotatable bonds is 2. The molecule has 3 heterocycles. The topological polar surface area (TPSA) is 77.1 Å². The van der Waals surface area contributed by atoms with Gasteiger partial charge in [-0.15, -0.1) is 5.10 Å². The van der Waals surface area contributed by atoms with E-state index in [4.69, 9.17) is 0 Å². The number of hydrogen-bond donors (Lipinski definition) is 1. The Morgan fingerprint density at radius 1 is 1.09 bits per heavy atom. The molecule has 1 aromatic carbocycles. The molecule has 0 unspecified atom stereocenters. The van der Waals surface area contributed by atoms with Gasteiger partial charge in [0.15, 0.2) is 5.65 Å². The van der Waals surface area contributed by atoms with Crippen molar-refractivity contribution in [1.29, 1.82) is 0 Å². The zero-order chi connectivity index (χ0) is 15.4. The van der Waals surface area contributed by atoms with Crippen LogP contribution in [0.1, 0.15) is 5.69 Å². The maximum Gasteiger partial charge on any atom is 0.285 e. The van der Waals surface area contributed by atoms with Gasteiger partial charge in [-0.2, -0.15) is 9.77 Å². The van der Waals surface area contributed by atoms with Crippen LogP contribution in [0.25, 0.3) is 29.0 Å². The largest absolute Gasteiger partial charge is 0.285 e. The number of para-hydroxylation sites is 1. The van der Waals surface area contributed by atoms with Gasteiger partial charge in [0, 0.05) is 0 Å². The quantitative estimate of drug-likeness (QED) is 0.594. The summed E-state index contributed by atoms with van der Waals surface area (Å²) in [7, 11) is 0. The van der Waals surface area contributed by atoms with Gasteiger partial charge in [-0.25, -0.2) is 4.98 Å². The Labute approximate surface area is 129 Å². The highest BCUT2D eigenvalue weighted by atomic mass is 16.1. The Morgan fingerprint density at radius 2 is 1.96 bits per heavy atom. The maximum atomic E-state index is 12.2. The summed E-state index contributed by atoms with van der Waals surface area (Å²) in [5.74, 6) is 0.373. The molecule has 110 valence electrons. The molecular weight excluding hydrogens is 292 g/mol. The van der Waals surface area contributed by atoms with Gasteiger partial charge >= 0.3 is 0 Å². The number of nitrogens with zero attached hydrogens (tertiary/aromatic N) is 5. The molecule has 3 aromatic heterocycles. The summed E-state index contributed by atoms with van der Waals surface area (Å²) in [6.45, 7) is 0. The first-order valence-corrected chi connectivity index (χ1v) is 7.12. The molecule has 0 bridgehead atoms. The van der Waals surface area contributed by atoms with Crippen LogP contribution >= 0.6 is 0 Å². The minimum atomic E-state index is -0.332. The molecular formula is C16H10N6O. The van der Waals surface area contributed by atoms with Crippen LogP contribution in [0.4, 0.5) is 5.69 Å². The van der Waals surface area contributed by atoms with Gasteiger partial charge in [0.2, 0.25) is 5.78 Å². The summed E-state index contributed by atoms with van der Waals surface area (Å²) in [6.07, 6.45) is 7.39. The van der Waals surface area contributed by atoms with Crippen LogP contribution in [0.2, 0.25) is 0 Å². The molecule has 0 spiro atoms. The molecule has 0 aliphatic heterocycles. The number of allylic oxidation sites excluding steroid dienone is 1. The van der Waals surface area contributed by atoms with Crippen molar-refractivity contribution in [3.8, 4) is 0 Å². The highest BCUT2D eigenvalue weighted by Gasteiger charge is 2.16. The van der Waals surface area contributed by atoms with Crippen LogP contribution in [0.15, 0.2) is 47.4 Å². The van der Waals surface area contributed by atoms with Crippen molar-refractivity contribution in [3.63, 3.8) is 0 Å². The molecule has 7 nitrogen and oxygen atoms in total. The van der Waals surface area contributed by atoms with Crippen molar-refractivity contribution in [2.45, 2.75) is 0 Å². The minimum Gasteiger partial charge on any atom is -0.278 e. The summed E-state index contributed by atoms with van der Waals surface area (Å²) in [5, 5.41) is 5.82. The predicted molar refractivity (Wildman–Crippen MR) is 86.7 cm³/mol. The zero-order valence-electron chi connectivity index (χ0n) is 11.8. The molecule has 4 aromatic rings. The number of anilines is 1. The van der Waals surface area contributed by atoms with Gasteiger partial charge < -0.3 is 0 Å². The minimum absolute atomic E-state index is 0.332. The first kappa shape index (κ1) is 12.1. The second-order valence-electron chi connectivity index (χ2n) is 5.25. The van der Waals surface area contributed by atoms with Crippen molar-refractivity contribution in [2.75, 3.05) is 5.43 Å². The van der Waals surface area contributed by atoms with E-state index in [2.05, 4.69) is 20.5 Å². The molecule has 0 radical (unpaired) electrons. The number of nitrogens with one attached hydrogen (secondary N) is 1. The fourth-order valence-corrected chi connectivity index (χ4v) is 2.77. The van der Waals surface area contributed by atoms with E-state index in [1.54, 1.807) is 10.6 Å². The van der Waals surface area contributed by atoms with E-state index in [0.29, 0.717) is 16.8 Å². The van der Waals surface area contributed by atoms with E-state index in [1.165, 1.54) is 4.79 Å². The number of fused-ring (bicyclic) bond motifs is 5. The average molecular weight is 302 g/mol. The Balaban J connectivity index is 1.78. The van der Waals surface area contributed by atoms with Crippen LogP contribution < -0.4 is 16.3 Å². The van der Waals surface area contributed by atoms with Gasteiger partial charge in [0.25, 0.3) is 5.56 Å². The van der Waals surface area contributed by atoms with Crippen molar-refractivity contribution < 1.29 is 0 Å². The van der Waals surface area contributed by atoms with Crippen LogP contribution in [0, 0.1) is 0 Å². The first-order chi connectivity index (χ1) is 11.3. The Bertz CT molecular complexity index is 1200. The lowest BCUT2D eigenvalue weighted by Crippen LogP contribution is -2.16. The van der Waals surface area contributed by atoms with E-state index < -0.39 is 0 Å². The molecule has 0 saturated heterocycles. The van der Waals surface area contributed by atoms with E-state index in [9.17, 15) is 4.79 Å². The Kier molecular flexibility index (Phi) is 2.24. The highest BCUT2D eigenvalue weighted by molar-refractivity contribution is 5.78. The monoisotopic (exact) mass is 302 g/mol. The number of imidazole rings is 1. The van der Waals surface area contributed by atoms with Gasteiger partial charge in [-0.1, -0.05) is 24.3 Å². The first-order valence-electron chi connectivity index (χ1n) is 7.12. The summed E-state index contributed by atoms with van der Waals surface area (Å²) in [4.78, 5) is 22.1. The highest BCUT2D eigenvalue weighted by Crippen LogP contribution is 2.12. The van der Waals surface area contributed by atoms with Crippen molar-refractivity contribution in [3.05, 3.63) is 64.0 Å². The summed E-state index contributed by atoms with van der Waals surface area (Å²) in [5.41, 5.74) is 5.01.